The van der Waals surface area contributed by atoms with Gasteiger partial charge in [-0.3, -0.25) is 9.59 Å². The molecule has 0 aliphatic carbocycles. The minimum Gasteiger partial charge on any atom is -0.346 e. The van der Waals surface area contributed by atoms with E-state index < -0.39 is 0 Å². The first-order chi connectivity index (χ1) is 11.5. The predicted molar refractivity (Wildman–Crippen MR) is 103 cm³/mol. The normalized spacial score (nSPS) is 10.3. The van der Waals surface area contributed by atoms with Crippen molar-refractivity contribution in [3.8, 4) is 0 Å². The molecule has 2 amide bonds. The lowest BCUT2D eigenvalue weighted by Crippen LogP contribution is -2.34. The molecule has 0 unspecified atom stereocenters. The summed E-state index contributed by atoms with van der Waals surface area (Å²) in [5.41, 5.74) is 1.67. The van der Waals surface area contributed by atoms with Crippen LogP contribution in [0.3, 0.4) is 0 Å². The lowest BCUT2D eigenvalue weighted by molar-refractivity contribution is -0.122. The van der Waals surface area contributed by atoms with Gasteiger partial charge in [-0.25, -0.2) is 0 Å². The average Bonchev–Trinajstić information content (AvgIpc) is 2.55. The zero-order valence-electron chi connectivity index (χ0n) is 12.9. The topological polar surface area (TPSA) is 58.2 Å². The standard InChI is InChI=1S/C17H16BrClN2O2S/c1-11-8-12(18)6-7-14(11)21-16(22)9-20-17(23)10-24-15-5-3-2-4-13(15)19/h2-8H,9-10H2,1H3,(H,20,23)(H,21,22). The van der Waals surface area contributed by atoms with Gasteiger partial charge in [-0.05, 0) is 42.8 Å². The summed E-state index contributed by atoms with van der Waals surface area (Å²) in [5.74, 6) is -0.284. The number of nitrogens with one attached hydrogen (secondary N) is 2. The molecule has 2 N–H and O–H groups in total. The lowest BCUT2D eigenvalue weighted by Gasteiger charge is -2.10. The highest BCUT2D eigenvalue weighted by molar-refractivity contribution is 9.10. The predicted octanol–water partition coefficient (Wildman–Crippen LogP) is 4.26. The summed E-state index contributed by atoms with van der Waals surface area (Å²) in [6.45, 7) is 1.83. The third kappa shape index (κ3) is 5.85. The molecule has 0 radical (unpaired) electrons. The molecule has 0 aliphatic heterocycles. The van der Waals surface area contributed by atoms with Crippen LogP contribution >= 0.6 is 39.3 Å². The van der Waals surface area contributed by atoms with Crippen molar-refractivity contribution in [2.75, 3.05) is 17.6 Å². The van der Waals surface area contributed by atoms with E-state index in [9.17, 15) is 9.59 Å². The number of hydrogen-bond acceptors (Lipinski definition) is 3. The van der Waals surface area contributed by atoms with Crippen molar-refractivity contribution in [3.05, 3.63) is 57.5 Å². The van der Waals surface area contributed by atoms with Crippen LogP contribution in [-0.2, 0) is 9.59 Å². The average molecular weight is 428 g/mol. The second-order valence-corrected chi connectivity index (χ2v) is 7.34. The minimum atomic E-state index is -0.267. The monoisotopic (exact) mass is 426 g/mol. The van der Waals surface area contributed by atoms with E-state index in [4.69, 9.17) is 11.6 Å². The maximum atomic E-state index is 11.9. The van der Waals surface area contributed by atoms with Gasteiger partial charge in [0, 0.05) is 15.1 Å². The molecule has 0 spiro atoms. The maximum Gasteiger partial charge on any atom is 0.243 e. The van der Waals surface area contributed by atoms with Crippen LogP contribution in [0.25, 0.3) is 0 Å². The molecule has 24 heavy (non-hydrogen) atoms. The first-order valence-corrected chi connectivity index (χ1v) is 9.31. The Morgan fingerprint density at radius 2 is 1.92 bits per heavy atom. The molecule has 2 rings (SSSR count). The molecule has 0 aliphatic rings. The number of anilines is 1. The van der Waals surface area contributed by atoms with Crippen LogP contribution in [0, 0.1) is 6.92 Å². The Kier molecular flexibility index (Phi) is 7.15. The number of halogens is 2. The van der Waals surface area contributed by atoms with Gasteiger partial charge < -0.3 is 10.6 Å². The van der Waals surface area contributed by atoms with Crippen molar-refractivity contribution in [1.29, 1.82) is 0 Å². The molecule has 0 heterocycles. The summed E-state index contributed by atoms with van der Waals surface area (Å²) in [6, 6.07) is 12.9. The summed E-state index contributed by atoms with van der Waals surface area (Å²) >= 11 is 10.7. The van der Waals surface area contributed by atoms with E-state index in [0.717, 1.165) is 20.6 Å². The van der Waals surface area contributed by atoms with Gasteiger partial charge in [0.2, 0.25) is 11.8 Å². The number of aryl methyl sites for hydroxylation is 1. The molecule has 7 heteroatoms. The largest absolute Gasteiger partial charge is 0.346 e. The summed E-state index contributed by atoms with van der Waals surface area (Å²) in [6.07, 6.45) is 0. The van der Waals surface area contributed by atoms with Crippen molar-refractivity contribution >= 4 is 56.8 Å². The van der Waals surface area contributed by atoms with Gasteiger partial charge in [0.15, 0.2) is 0 Å². The van der Waals surface area contributed by atoms with Gasteiger partial charge in [-0.15, -0.1) is 11.8 Å². The van der Waals surface area contributed by atoms with E-state index in [1.165, 1.54) is 11.8 Å². The quantitative estimate of drug-likeness (QED) is 0.677. The SMILES string of the molecule is Cc1cc(Br)ccc1NC(=O)CNC(=O)CSc1ccccc1Cl. The second kappa shape index (κ2) is 9.11. The van der Waals surface area contributed by atoms with Gasteiger partial charge in [-0.1, -0.05) is 39.7 Å². The fraction of sp³-hybridized carbons (Fsp3) is 0.176. The van der Waals surface area contributed by atoms with E-state index >= 15 is 0 Å². The molecule has 126 valence electrons. The smallest absolute Gasteiger partial charge is 0.243 e. The Balaban J connectivity index is 1.77. The van der Waals surface area contributed by atoms with Gasteiger partial charge in [0.25, 0.3) is 0 Å². The molecule has 4 nitrogen and oxygen atoms in total. The Labute approximate surface area is 158 Å². The molecule has 2 aromatic carbocycles. The van der Waals surface area contributed by atoms with Gasteiger partial charge in [0.05, 0.1) is 17.3 Å². The van der Waals surface area contributed by atoms with Crippen LogP contribution in [0.1, 0.15) is 5.56 Å². The number of rotatable bonds is 6. The van der Waals surface area contributed by atoms with Crippen molar-refractivity contribution in [2.24, 2.45) is 0 Å². The highest BCUT2D eigenvalue weighted by Crippen LogP contribution is 2.26. The van der Waals surface area contributed by atoms with Gasteiger partial charge in [-0.2, -0.15) is 0 Å². The number of hydrogen-bond donors (Lipinski definition) is 2. The molecule has 0 bridgehead atoms. The van der Waals surface area contributed by atoms with Crippen LogP contribution in [0.15, 0.2) is 51.8 Å². The second-order valence-electron chi connectivity index (χ2n) is 5.00. The molecule has 0 saturated heterocycles. The minimum absolute atomic E-state index is 0.0720. The third-order valence-corrected chi connectivity index (χ3v) is 5.11. The summed E-state index contributed by atoms with van der Waals surface area (Å²) in [7, 11) is 0. The van der Waals surface area contributed by atoms with E-state index in [0.29, 0.717) is 5.02 Å². The lowest BCUT2D eigenvalue weighted by atomic mass is 10.2. The van der Waals surface area contributed by atoms with E-state index in [2.05, 4.69) is 26.6 Å². The summed E-state index contributed by atoms with van der Waals surface area (Å²) in [4.78, 5) is 24.6. The van der Waals surface area contributed by atoms with Crippen LogP contribution in [0.4, 0.5) is 5.69 Å². The Bertz CT molecular complexity index is 755. The molecule has 0 fully saturated rings. The molecule has 0 aromatic heterocycles. The fourth-order valence-corrected chi connectivity index (χ4v) is 3.44. The van der Waals surface area contributed by atoms with Crippen molar-refractivity contribution in [1.82, 2.24) is 5.32 Å². The van der Waals surface area contributed by atoms with Gasteiger partial charge in [0.1, 0.15) is 0 Å². The Morgan fingerprint density at radius 3 is 2.62 bits per heavy atom. The molecule has 2 aromatic rings. The summed E-state index contributed by atoms with van der Waals surface area (Å²) < 4.78 is 0.947. The van der Waals surface area contributed by atoms with E-state index in [1.54, 1.807) is 6.07 Å². The maximum absolute atomic E-state index is 11.9. The van der Waals surface area contributed by atoms with Crippen molar-refractivity contribution in [3.63, 3.8) is 0 Å². The fourth-order valence-electron chi connectivity index (χ4n) is 1.90. The molecule has 0 saturated carbocycles. The number of benzene rings is 2. The zero-order valence-corrected chi connectivity index (χ0v) is 16.1. The molecular weight excluding hydrogens is 412 g/mol. The van der Waals surface area contributed by atoms with Crippen LogP contribution in [0.2, 0.25) is 5.02 Å². The first kappa shape index (κ1) is 18.8. The van der Waals surface area contributed by atoms with Crippen LogP contribution < -0.4 is 10.6 Å². The van der Waals surface area contributed by atoms with Crippen molar-refractivity contribution in [2.45, 2.75) is 11.8 Å². The highest BCUT2D eigenvalue weighted by Gasteiger charge is 2.09. The van der Waals surface area contributed by atoms with E-state index in [-0.39, 0.29) is 24.1 Å². The number of amides is 2. The highest BCUT2D eigenvalue weighted by atomic mass is 79.9. The number of carbonyl (C=O) groups is 2. The number of carbonyl (C=O) groups excluding carboxylic acids is 2. The van der Waals surface area contributed by atoms with E-state index in [1.807, 2.05) is 43.3 Å². The Morgan fingerprint density at radius 1 is 1.17 bits per heavy atom. The first-order valence-electron chi connectivity index (χ1n) is 7.16. The van der Waals surface area contributed by atoms with Gasteiger partial charge >= 0.3 is 0 Å². The molecular formula is C17H16BrClN2O2S. The molecule has 0 atom stereocenters. The van der Waals surface area contributed by atoms with Crippen LogP contribution in [0.5, 0.6) is 0 Å². The number of thioether (sulfide) groups is 1. The Hall–Kier alpha value is -1.50. The summed E-state index contributed by atoms with van der Waals surface area (Å²) in [5, 5.41) is 5.98. The zero-order chi connectivity index (χ0) is 17.5. The van der Waals surface area contributed by atoms with Crippen LogP contribution in [-0.4, -0.2) is 24.1 Å². The van der Waals surface area contributed by atoms with Crippen molar-refractivity contribution < 1.29 is 9.59 Å². The third-order valence-electron chi connectivity index (χ3n) is 3.10.